The van der Waals surface area contributed by atoms with Crippen molar-refractivity contribution >= 4 is 5.97 Å². The van der Waals surface area contributed by atoms with Gasteiger partial charge < -0.3 is 5.11 Å². The zero-order valence-electron chi connectivity index (χ0n) is 26.6. The Hall–Kier alpha value is -1.27. The molecule has 0 aromatic heterocycles. The number of likely N-dealkylation sites (tertiary alicyclic amines) is 1. The smallest absolute Gasteiger partial charge is 0.309 e. The van der Waals surface area contributed by atoms with Crippen LogP contribution in [0.15, 0.2) is 12.2 Å². The van der Waals surface area contributed by atoms with E-state index in [-0.39, 0.29) is 22.2 Å². The maximum absolute atomic E-state index is 12.9. The molecule has 5 aliphatic carbocycles. The highest BCUT2D eigenvalue weighted by Crippen LogP contribution is 2.77. The van der Waals surface area contributed by atoms with Gasteiger partial charge in [-0.25, -0.2) is 0 Å². The number of aliphatic carboxylic acids is 1. The molecule has 222 valence electrons. The first-order valence-electron chi connectivity index (χ1n) is 16.9. The molecule has 0 aromatic rings. The molecule has 1 saturated heterocycles. The Morgan fingerprint density at radius 2 is 1.60 bits per heavy atom. The largest absolute Gasteiger partial charge is 0.481 e. The molecule has 1 heterocycles. The predicted octanol–water partition coefficient (Wildman–Crippen LogP) is 8.44. The van der Waals surface area contributed by atoms with Crippen LogP contribution in [-0.2, 0) is 4.79 Å². The third-order valence-electron chi connectivity index (χ3n) is 15.3. The number of hydrogen-bond acceptors (Lipinski definition) is 2. The number of fused-ring (bicyclic) bond motifs is 7. The van der Waals surface area contributed by atoms with Gasteiger partial charge in [0, 0.05) is 5.92 Å². The van der Waals surface area contributed by atoms with E-state index in [1.165, 1.54) is 70.0 Å². The van der Waals surface area contributed by atoms with Crippen LogP contribution < -0.4 is 0 Å². The molecule has 5 saturated carbocycles. The first kappa shape index (κ1) is 28.8. The van der Waals surface area contributed by atoms with Crippen molar-refractivity contribution < 1.29 is 9.90 Å². The van der Waals surface area contributed by atoms with Gasteiger partial charge in [0.25, 0.3) is 0 Å². The molecule has 10 atom stereocenters. The van der Waals surface area contributed by atoms with Crippen LogP contribution >= 0.6 is 0 Å². The SMILES string of the molecule is C=C(C)[C@@H]1CC[C@]2(C(=O)O)CC[C@]3(C)[C@H](CC[C@@H]4[C@@]5(C)CC[C@H](C#CCN6CCCC6)C(C)(C)[C@@H]5CC[C@]43C)[C@@H]12. The molecule has 0 unspecified atom stereocenters. The fraction of sp³-hybridized carbons (Fsp3) is 0.865. The molecule has 6 rings (SSSR count). The average molecular weight is 548 g/mol. The third kappa shape index (κ3) is 3.82. The highest BCUT2D eigenvalue weighted by molar-refractivity contribution is 5.76. The molecule has 6 aliphatic rings. The van der Waals surface area contributed by atoms with E-state index in [9.17, 15) is 9.90 Å². The van der Waals surface area contributed by atoms with E-state index in [0.717, 1.165) is 44.1 Å². The van der Waals surface area contributed by atoms with Gasteiger partial charge in [-0.1, -0.05) is 58.6 Å². The van der Waals surface area contributed by atoms with Crippen LogP contribution in [0.3, 0.4) is 0 Å². The monoisotopic (exact) mass is 547 g/mol. The molecule has 1 N–H and O–H groups in total. The summed E-state index contributed by atoms with van der Waals surface area (Å²) in [6.45, 7) is 23.1. The fourth-order valence-electron chi connectivity index (χ4n) is 13.0. The molecule has 6 fully saturated rings. The molecule has 0 spiro atoms. The van der Waals surface area contributed by atoms with Gasteiger partial charge in [-0.15, -0.1) is 0 Å². The Morgan fingerprint density at radius 1 is 0.875 bits per heavy atom. The normalized spacial score (nSPS) is 49.5. The van der Waals surface area contributed by atoms with E-state index >= 15 is 0 Å². The number of carbonyl (C=O) groups is 1. The van der Waals surface area contributed by atoms with Crippen LogP contribution in [0.2, 0.25) is 0 Å². The summed E-state index contributed by atoms with van der Waals surface area (Å²) < 4.78 is 0. The lowest BCUT2D eigenvalue weighted by Crippen LogP contribution is -2.66. The van der Waals surface area contributed by atoms with E-state index in [0.29, 0.717) is 23.2 Å². The molecule has 0 radical (unpaired) electrons. The van der Waals surface area contributed by atoms with Crippen molar-refractivity contribution in [2.45, 2.75) is 119 Å². The van der Waals surface area contributed by atoms with Gasteiger partial charge in [0.2, 0.25) is 0 Å². The zero-order valence-corrected chi connectivity index (χ0v) is 26.6. The summed E-state index contributed by atoms with van der Waals surface area (Å²) in [5.74, 6) is 10.0. The minimum Gasteiger partial charge on any atom is -0.481 e. The first-order valence-corrected chi connectivity index (χ1v) is 16.9. The van der Waals surface area contributed by atoms with Gasteiger partial charge in [-0.3, -0.25) is 9.69 Å². The van der Waals surface area contributed by atoms with Gasteiger partial charge in [0.15, 0.2) is 0 Å². The summed E-state index contributed by atoms with van der Waals surface area (Å²) in [4.78, 5) is 15.4. The van der Waals surface area contributed by atoms with Crippen LogP contribution in [0.4, 0.5) is 0 Å². The lowest BCUT2D eigenvalue weighted by Gasteiger charge is -2.72. The Balaban J connectivity index is 1.29. The molecule has 1 aliphatic heterocycles. The highest BCUT2D eigenvalue weighted by atomic mass is 16.4. The van der Waals surface area contributed by atoms with Crippen LogP contribution in [0.5, 0.6) is 0 Å². The third-order valence-corrected chi connectivity index (χ3v) is 15.3. The van der Waals surface area contributed by atoms with Crippen molar-refractivity contribution in [2.75, 3.05) is 19.6 Å². The van der Waals surface area contributed by atoms with Gasteiger partial charge in [-0.2, -0.15) is 0 Å². The topological polar surface area (TPSA) is 40.5 Å². The number of nitrogens with zero attached hydrogens (tertiary/aromatic N) is 1. The molecule has 0 aromatic carbocycles. The quantitative estimate of drug-likeness (QED) is 0.285. The van der Waals surface area contributed by atoms with Crippen LogP contribution in [0.25, 0.3) is 0 Å². The summed E-state index contributed by atoms with van der Waals surface area (Å²) in [7, 11) is 0. The summed E-state index contributed by atoms with van der Waals surface area (Å²) in [6.07, 6.45) is 14.1. The van der Waals surface area contributed by atoms with Crippen molar-refractivity contribution in [1.29, 1.82) is 0 Å². The van der Waals surface area contributed by atoms with E-state index < -0.39 is 11.4 Å². The molecule has 3 nitrogen and oxygen atoms in total. The second-order valence-electron chi connectivity index (χ2n) is 16.9. The molecule has 0 bridgehead atoms. The first-order chi connectivity index (χ1) is 18.8. The highest BCUT2D eigenvalue weighted by Gasteiger charge is 2.72. The lowest BCUT2D eigenvalue weighted by atomic mass is 9.32. The summed E-state index contributed by atoms with van der Waals surface area (Å²) in [5.41, 5.74) is 1.78. The molecular weight excluding hydrogens is 490 g/mol. The van der Waals surface area contributed by atoms with Crippen molar-refractivity contribution in [3.63, 3.8) is 0 Å². The standard InChI is InChI=1S/C37H57NO2/c1-25(2)27-15-19-37(32(39)40)21-20-35(6)28(31(27)37)12-13-30-34(5)17-14-26(11-10-24-38-22-8-9-23-38)33(3,4)29(34)16-18-36(30,35)7/h26-31H,1,8-9,12-24H2,2-7H3,(H,39,40)/t26-,27-,28+,29-,30+,31+,34-,35+,36+,37-/m0/s1. The average Bonchev–Trinajstić information content (AvgIpc) is 3.54. The van der Waals surface area contributed by atoms with Gasteiger partial charge in [0.05, 0.1) is 12.0 Å². The Bertz CT molecular complexity index is 1110. The number of rotatable bonds is 3. The van der Waals surface area contributed by atoms with Crippen molar-refractivity contribution in [1.82, 2.24) is 4.90 Å². The molecule has 3 heteroatoms. The van der Waals surface area contributed by atoms with E-state index in [2.05, 4.69) is 64.9 Å². The Morgan fingerprint density at radius 3 is 2.27 bits per heavy atom. The molecule has 40 heavy (non-hydrogen) atoms. The summed E-state index contributed by atoms with van der Waals surface area (Å²) in [6, 6.07) is 0. The number of carboxylic acid groups (broad SMARTS) is 1. The predicted molar refractivity (Wildman–Crippen MR) is 164 cm³/mol. The molecule has 0 amide bonds. The maximum atomic E-state index is 12.9. The molecular formula is C37H57NO2. The number of carboxylic acids is 1. The maximum Gasteiger partial charge on any atom is 0.309 e. The fourth-order valence-corrected chi connectivity index (χ4v) is 13.0. The van der Waals surface area contributed by atoms with E-state index in [1.807, 2.05) is 0 Å². The summed E-state index contributed by atoms with van der Waals surface area (Å²) >= 11 is 0. The number of hydrogen-bond donors (Lipinski definition) is 1. The summed E-state index contributed by atoms with van der Waals surface area (Å²) in [5, 5.41) is 10.6. The van der Waals surface area contributed by atoms with E-state index in [1.54, 1.807) is 0 Å². The Labute approximate surface area is 245 Å². The minimum absolute atomic E-state index is 0.210. The van der Waals surface area contributed by atoms with Crippen LogP contribution in [-0.4, -0.2) is 35.6 Å². The second kappa shape index (κ2) is 9.62. The van der Waals surface area contributed by atoms with E-state index in [4.69, 9.17) is 0 Å². The Kier molecular flexibility index (Phi) is 6.94. The van der Waals surface area contributed by atoms with Crippen molar-refractivity contribution in [2.24, 2.45) is 62.6 Å². The lowest BCUT2D eigenvalue weighted by molar-refractivity contribution is -0.241. The zero-order chi connectivity index (χ0) is 28.7. The van der Waals surface area contributed by atoms with Crippen LogP contribution in [0, 0.1) is 74.4 Å². The second-order valence-corrected chi connectivity index (χ2v) is 16.9. The van der Waals surface area contributed by atoms with Gasteiger partial charge >= 0.3 is 5.97 Å². The van der Waals surface area contributed by atoms with Gasteiger partial charge in [-0.05, 0) is 148 Å². The minimum atomic E-state index is -0.522. The van der Waals surface area contributed by atoms with Crippen molar-refractivity contribution in [3.05, 3.63) is 12.2 Å². The van der Waals surface area contributed by atoms with Crippen molar-refractivity contribution in [3.8, 4) is 11.8 Å². The van der Waals surface area contributed by atoms with Gasteiger partial charge in [0.1, 0.15) is 0 Å². The van der Waals surface area contributed by atoms with Crippen LogP contribution in [0.1, 0.15) is 119 Å². The number of allylic oxidation sites excluding steroid dienone is 1.